The maximum absolute atomic E-state index is 10.7. The van der Waals surface area contributed by atoms with E-state index in [1.807, 2.05) is 19.9 Å². The van der Waals surface area contributed by atoms with Crippen LogP contribution >= 0.6 is 0 Å². The van der Waals surface area contributed by atoms with E-state index in [4.69, 9.17) is 9.84 Å². The van der Waals surface area contributed by atoms with Crippen LogP contribution in [-0.4, -0.2) is 66.6 Å². The molecule has 0 aromatic rings. The van der Waals surface area contributed by atoms with Gasteiger partial charge in [-0.3, -0.25) is 4.99 Å². The lowest BCUT2D eigenvalue weighted by atomic mass is 10.0. The molecule has 6 heteroatoms. The summed E-state index contributed by atoms with van der Waals surface area (Å²) in [6, 6.07) is -0.0470. The molecule has 0 aliphatic carbocycles. The van der Waals surface area contributed by atoms with Gasteiger partial charge in [0.1, 0.15) is 12.7 Å². The molecule has 0 spiro atoms. The molecule has 0 aromatic heterocycles. The number of ether oxygens (including phenoxy) is 1. The van der Waals surface area contributed by atoms with E-state index < -0.39 is 5.97 Å². The Kier molecular flexibility index (Phi) is 4.55. The lowest BCUT2D eigenvalue weighted by molar-refractivity contribution is -0.144. The molecule has 0 bridgehead atoms. The molecule has 1 fully saturated rings. The van der Waals surface area contributed by atoms with E-state index in [1.54, 1.807) is 0 Å². The molecule has 0 amide bonds. The minimum atomic E-state index is -0.946. The maximum atomic E-state index is 10.7. The van der Waals surface area contributed by atoms with Gasteiger partial charge in [-0.15, -0.1) is 0 Å². The average molecular weight is 267 g/mol. The molecule has 2 unspecified atom stereocenters. The number of aliphatic imine (C=N–C) groups is 1. The molecule has 19 heavy (non-hydrogen) atoms. The van der Waals surface area contributed by atoms with Crippen molar-refractivity contribution in [2.24, 2.45) is 4.99 Å². The number of carboxylic acid groups (broad SMARTS) is 1. The minimum Gasteiger partial charge on any atom is -0.480 e. The van der Waals surface area contributed by atoms with E-state index in [1.165, 1.54) is 0 Å². The van der Waals surface area contributed by atoms with Gasteiger partial charge >= 0.3 is 5.97 Å². The molecular formula is C13H21N3O3. The predicted molar refractivity (Wildman–Crippen MR) is 72.5 cm³/mol. The van der Waals surface area contributed by atoms with Crippen LogP contribution in [0, 0.1) is 0 Å². The summed E-state index contributed by atoms with van der Waals surface area (Å²) in [4.78, 5) is 17.4. The molecule has 1 saturated heterocycles. The van der Waals surface area contributed by atoms with Crippen LogP contribution in [0.3, 0.4) is 0 Å². The number of nitrogens with one attached hydrogen (secondary N) is 1. The normalized spacial score (nSPS) is 27.8. The molecular weight excluding hydrogens is 246 g/mol. The summed E-state index contributed by atoms with van der Waals surface area (Å²) in [5.74, 6) is -0.946. The third-order valence-corrected chi connectivity index (χ3v) is 3.36. The van der Waals surface area contributed by atoms with Crippen LogP contribution in [0.1, 0.15) is 13.8 Å². The predicted octanol–water partition coefficient (Wildman–Crippen LogP) is 0.108. The summed E-state index contributed by atoms with van der Waals surface area (Å²) in [5.41, 5.74) is 2.03. The van der Waals surface area contributed by atoms with Crippen LogP contribution in [0.2, 0.25) is 0 Å². The molecule has 106 valence electrons. The SMILES string of the molecule is CC1=NC(C)C(OCC(=O)O)C(N2CCNCC2)=C1. The summed E-state index contributed by atoms with van der Waals surface area (Å²) in [6.07, 6.45) is 1.75. The van der Waals surface area contributed by atoms with Crippen molar-refractivity contribution in [1.29, 1.82) is 0 Å². The summed E-state index contributed by atoms with van der Waals surface area (Å²) < 4.78 is 5.53. The van der Waals surface area contributed by atoms with Gasteiger partial charge in [0.15, 0.2) is 0 Å². The monoisotopic (exact) mass is 267 g/mol. The Morgan fingerprint density at radius 2 is 2.26 bits per heavy atom. The molecule has 0 radical (unpaired) electrons. The first-order valence-corrected chi connectivity index (χ1v) is 6.63. The molecule has 2 atom stereocenters. The average Bonchev–Trinajstić information content (AvgIpc) is 2.37. The van der Waals surface area contributed by atoms with Gasteiger partial charge in [-0.25, -0.2) is 4.79 Å². The van der Waals surface area contributed by atoms with Crippen LogP contribution in [0.25, 0.3) is 0 Å². The van der Waals surface area contributed by atoms with Gasteiger partial charge in [0.05, 0.1) is 6.04 Å². The number of allylic oxidation sites excluding steroid dienone is 1. The van der Waals surface area contributed by atoms with Crippen LogP contribution in [0.15, 0.2) is 16.8 Å². The number of nitrogens with zero attached hydrogens (tertiary/aromatic N) is 2. The fraction of sp³-hybridized carbons (Fsp3) is 0.692. The van der Waals surface area contributed by atoms with E-state index in [0.717, 1.165) is 37.6 Å². The van der Waals surface area contributed by atoms with Crippen LogP contribution in [-0.2, 0) is 9.53 Å². The molecule has 2 rings (SSSR count). The zero-order chi connectivity index (χ0) is 13.8. The van der Waals surface area contributed by atoms with Gasteiger partial charge in [0.2, 0.25) is 0 Å². The van der Waals surface area contributed by atoms with Crippen LogP contribution in [0.4, 0.5) is 0 Å². The number of piperazine rings is 1. The third-order valence-electron chi connectivity index (χ3n) is 3.36. The van der Waals surface area contributed by atoms with E-state index in [2.05, 4.69) is 15.2 Å². The van der Waals surface area contributed by atoms with Gasteiger partial charge in [0.25, 0.3) is 0 Å². The van der Waals surface area contributed by atoms with Crippen molar-refractivity contribution in [3.8, 4) is 0 Å². The highest BCUT2D eigenvalue weighted by atomic mass is 16.5. The van der Waals surface area contributed by atoms with Gasteiger partial charge in [-0.2, -0.15) is 0 Å². The zero-order valence-electron chi connectivity index (χ0n) is 11.4. The fourth-order valence-electron chi connectivity index (χ4n) is 2.55. The number of rotatable bonds is 4. The second-order valence-electron chi connectivity index (χ2n) is 4.94. The second-order valence-corrected chi connectivity index (χ2v) is 4.94. The molecule has 2 N–H and O–H groups in total. The molecule has 6 nitrogen and oxygen atoms in total. The molecule has 0 saturated carbocycles. The highest BCUT2D eigenvalue weighted by molar-refractivity contribution is 5.94. The van der Waals surface area contributed by atoms with Gasteiger partial charge in [0, 0.05) is 37.6 Å². The summed E-state index contributed by atoms with van der Waals surface area (Å²) >= 11 is 0. The third kappa shape index (κ3) is 3.54. The number of carbonyl (C=O) groups is 1. The number of hydrogen-bond acceptors (Lipinski definition) is 5. The van der Waals surface area contributed by atoms with E-state index in [-0.39, 0.29) is 18.8 Å². The zero-order valence-corrected chi connectivity index (χ0v) is 11.4. The topological polar surface area (TPSA) is 74.2 Å². The quantitative estimate of drug-likeness (QED) is 0.756. The van der Waals surface area contributed by atoms with Crippen molar-refractivity contribution in [3.63, 3.8) is 0 Å². The fourth-order valence-corrected chi connectivity index (χ4v) is 2.55. The van der Waals surface area contributed by atoms with E-state index >= 15 is 0 Å². The summed E-state index contributed by atoms with van der Waals surface area (Å²) in [5, 5.41) is 12.1. The smallest absolute Gasteiger partial charge is 0.329 e. The summed E-state index contributed by atoms with van der Waals surface area (Å²) in [6.45, 7) is 7.35. The first-order chi connectivity index (χ1) is 9.08. The number of aliphatic carboxylic acids is 1. The Bertz CT molecular complexity index is 400. The van der Waals surface area contributed by atoms with Crippen molar-refractivity contribution < 1.29 is 14.6 Å². The first kappa shape index (κ1) is 14.0. The maximum Gasteiger partial charge on any atom is 0.329 e. The standard InChI is InChI=1S/C13H21N3O3/c1-9-7-11(16-5-3-14-4-6-16)13(10(2)15-9)19-8-12(17)18/h7,10,13-14H,3-6,8H2,1-2H3,(H,17,18). The molecule has 2 heterocycles. The van der Waals surface area contributed by atoms with Crippen molar-refractivity contribution in [2.45, 2.75) is 26.0 Å². The minimum absolute atomic E-state index is 0.0470. The Labute approximate surface area is 113 Å². The van der Waals surface area contributed by atoms with E-state index in [9.17, 15) is 4.79 Å². The molecule has 2 aliphatic rings. The highest BCUT2D eigenvalue weighted by Gasteiger charge is 2.30. The summed E-state index contributed by atoms with van der Waals surface area (Å²) in [7, 11) is 0. The Hall–Kier alpha value is -1.40. The largest absolute Gasteiger partial charge is 0.480 e. The van der Waals surface area contributed by atoms with Crippen molar-refractivity contribution in [2.75, 3.05) is 32.8 Å². The highest BCUT2D eigenvalue weighted by Crippen LogP contribution is 2.23. The van der Waals surface area contributed by atoms with E-state index in [0.29, 0.717) is 0 Å². The van der Waals surface area contributed by atoms with Crippen molar-refractivity contribution >= 4 is 11.7 Å². The van der Waals surface area contributed by atoms with Gasteiger partial charge in [-0.1, -0.05) is 0 Å². The lowest BCUT2D eigenvalue weighted by Crippen LogP contribution is -2.48. The van der Waals surface area contributed by atoms with Gasteiger partial charge < -0.3 is 20.1 Å². The van der Waals surface area contributed by atoms with Gasteiger partial charge in [-0.05, 0) is 19.9 Å². The molecule has 0 aromatic carbocycles. The Morgan fingerprint density at radius 3 is 2.89 bits per heavy atom. The van der Waals surface area contributed by atoms with Crippen LogP contribution in [0.5, 0.6) is 0 Å². The Morgan fingerprint density at radius 1 is 1.58 bits per heavy atom. The van der Waals surface area contributed by atoms with Crippen molar-refractivity contribution in [3.05, 3.63) is 11.8 Å². The first-order valence-electron chi connectivity index (χ1n) is 6.63. The number of hydrogen-bond donors (Lipinski definition) is 2. The number of carboxylic acids is 1. The van der Waals surface area contributed by atoms with Crippen molar-refractivity contribution in [1.82, 2.24) is 10.2 Å². The second kappa shape index (κ2) is 6.16. The Balaban J connectivity index is 2.13. The molecule has 2 aliphatic heterocycles. The lowest BCUT2D eigenvalue weighted by Gasteiger charge is -2.38. The van der Waals surface area contributed by atoms with Crippen LogP contribution < -0.4 is 5.32 Å². The number of dihydropyridines is 1.